The molecule has 18 nitrogen and oxygen atoms in total. The zero-order valence-electron chi connectivity index (χ0n) is 37.6. The summed E-state index contributed by atoms with van der Waals surface area (Å²) in [6.45, 7) is 16.1. The molecule has 1 radical (unpaired) electrons. The van der Waals surface area contributed by atoms with Gasteiger partial charge in [-0.25, -0.2) is 0 Å². The molecule has 0 spiro atoms. The Labute approximate surface area is 381 Å². The molecule has 0 aliphatic rings. The third kappa shape index (κ3) is 50.9. The van der Waals surface area contributed by atoms with Crippen LogP contribution in [0.4, 0.5) is 0 Å². The van der Waals surface area contributed by atoms with Crippen LogP contribution >= 0.6 is 0 Å². The Morgan fingerprint density at radius 2 is 0.508 bits per heavy atom. The number of rotatable bonds is 51. The maximum atomic E-state index is 5.95. The number of methoxy groups -OCH3 is 4. The first-order valence-electron chi connectivity index (χ1n) is 20.4. The SMILES string of the molecule is CCC(COCCOCCOCC(COCCOCCOC)OCCOCCOC)OCCOCCOCCC(COCCOCCOC)OCCOCCOC.[CH3-].[Y]. The van der Waals surface area contributed by atoms with Crippen molar-refractivity contribution in [2.45, 2.75) is 38.1 Å². The monoisotopic (exact) mass is 940 g/mol. The van der Waals surface area contributed by atoms with E-state index in [1.807, 2.05) is 0 Å². The van der Waals surface area contributed by atoms with E-state index in [0.29, 0.717) is 198 Å². The fraction of sp³-hybridized carbons (Fsp3) is 0.975. The summed E-state index contributed by atoms with van der Waals surface area (Å²) < 4.78 is 99.6. The van der Waals surface area contributed by atoms with Crippen LogP contribution in [0, 0.1) is 7.43 Å². The quantitative estimate of drug-likeness (QED) is 0.0643. The number of hydrogen-bond donors (Lipinski definition) is 0. The van der Waals surface area contributed by atoms with E-state index in [2.05, 4.69) is 6.92 Å². The average Bonchev–Trinajstić information content (AvgIpc) is 3.22. The van der Waals surface area contributed by atoms with E-state index in [9.17, 15) is 0 Å². The molecule has 19 heteroatoms. The second kappa shape index (κ2) is 56.4. The third-order valence-corrected chi connectivity index (χ3v) is 7.59. The summed E-state index contributed by atoms with van der Waals surface area (Å²) >= 11 is 0. The van der Waals surface area contributed by atoms with E-state index in [4.69, 9.17) is 85.3 Å². The van der Waals surface area contributed by atoms with E-state index in [-0.39, 0.29) is 58.4 Å². The van der Waals surface area contributed by atoms with Gasteiger partial charge in [-0.3, -0.25) is 0 Å². The molecule has 0 aromatic carbocycles. The van der Waals surface area contributed by atoms with Crippen LogP contribution in [-0.2, 0) is 118 Å². The van der Waals surface area contributed by atoms with Gasteiger partial charge < -0.3 is 92.7 Å². The first-order valence-corrected chi connectivity index (χ1v) is 20.4. The van der Waals surface area contributed by atoms with Gasteiger partial charge in [-0.1, -0.05) is 6.92 Å². The summed E-state index contributed by atoms with van der Waals surface area (Å²) in [5.74, 6) is 0. The van der Waals surface area contributed by atoms with Gasteiger partial charge >= 0.3 is 0 Å². The summed E-state index contributed by atoms with van der Waals surface area (Å²) in [7, 11) is 6.57. The van der Waals surface area contributed by atoms with E-state index >= 15 is 0 Å². The Bertz CT molecular complexity index is 683. The number of ether oxygens (including phenoxy) is 18. The topological polar surface area (TPSA) is 166 Å². The second-order valence-corrected chi connectivity index (χ2v) is 12.2. The standard InChI is InChI=1S/C39H80O18.CH3.Y/c1-6-37(33-51-23-21-49-22-26-54-36-39(57-32-29-48-16-12-43-5)35-53-25-20-46-14-10-41-3)55-30-27-50-18-17-44-8-7-38(56-31-28-47-15-11-42-4)34-52-24-19-45-13-9-40-2;;/h37-39H,6-36H2,1-5H3;1H3;/q;-1;. The minimum atomic E-state index is -0.232. The van der Waals surface area contributed by atoms with Crippen LogP contribution in [0.2, 0.25) is 0 Å². The molecule has 355 valence electrons. The molecule has 0 aliphatic heterocycles. The maximum absolute atomic E-state index is 5.95. The molecule has 0 fully saturated rings. The molecule has 0 rings (SSSR count). The second-order valence-electron chi connectivity index (χ2n) is 12.2. The van der Waals surface area contributed by atoms with Crippen molar-refractivity contribution in [3.63, 3.8) is 0 Å². The fourth-order valence-corrected chi connectivity index (χ4v) is 4.41. The predicted octanol–water partition coefficient (Wildman–Crippen LogP) is 2.16. The first-order chi connectivity index (χ1) is 28.2. The molecule has 0 N–H and O–H groups in total. The van der Waals surface area contributed by atoms with Gasteiger partial charge in [0, 0.05) is 67.8 Å². The third-order valence-electron chi connectivity index (χ3n) is 7.59. The summed E-state index contributed by atoms with van der Waals surface area (Å²) in [4.78, 5) is 0. The van der Waals surface area contributed by atoms with Gasteiger partial charge in [-0.15, -0.1) is 0 Å². The zero-order chi connectivity index (χ0) is 41.4. The molecule has 0 amide bonds. The van der Waals surface area contributed by atoms with Crippen LogP contribution in [0.3, 0.4) is 0 Å². The minimum absolute atomic E-state index is 0. The maximum Gasteiger partial charge on any atom is 0.104 e. The van der Waals surface area contributed by atoms with Crippen molar-refractivity contribution >= 4 is 0 Å². The number of hydrogen-bond acceptors (Lipinski definition) is 18. The van der Waals surface area contributed by atoms with E-state index in [1.54, 1.807) is 28.4 Å². The molecule has 0 aromatic rings. The zero-order valence-corrected chi connectivity index (χ0v) is 40.4. The van der Waals surface area contributed by atoms with Crippen molar-refractivity contribution in [2.24, 2.45) is 0 Å². The van der Waals surface area contributed by atoms with Crippen LogP contribution in [0.1, 0.15) is 19.8 Å². The summed E-state index contributed by atoms with van der Waals surface area (Å²) in [6, 6.07) is 0. The van der Waals surface area contributed by atoms with Crippen molar-refractivity contribution < 1.29 is 118 Å². The molecule has 0 saturated heterocycles. The Hall–Kier alpha value is 0.384. The Kier molecular flexibility index (Phi) is 60.9. The average molecular weight is 941 g/mol. The Morgan fingerprint density at radius 1 is 0.271 bits per heavy atom. The van der Waals surface area contributed by atoms with Gasteiger partial charge in [0.2, 0.25) is 0 Å². The molecule has 0 saturated carbocycles. The molecule has 59 heavy (non-hydrogen) atoms. The summed E-state index contributed by atoms with van der Waals surface area (Å²) in [5, 5.41) is 0. The van der Waals surface area contributed by atoms with Crippen molar-refractivity contribution in [2.75, 3.05) is 220 Å². The molecule has 0 bridgehead atoms. The van der Waals surface area contributed by atoms with E-state index in [1.165, 1.54) is 0 Å². The van der Waals surface area contributed by atoms with Crippen LogP contribution in [0.5, 0.6) is 0 Å². The molecular weight excluding hydrogens is 857 g/mol. The van der Waals surface area contributed by atoms with Gasteiger partial charge in [0.1, 0.15) is 6.10 Å². The molecule has 0 heterocycles. The van der Waals surface area contributed by atoms with E-state index in [0.717, 1.165) is 6.42 Å². The smallest absolute Gasteiger partial charge is 0.104 e. The molecule has 0 aliphatic carbocycles. The Balaban J connectivity index is -0.0000157. The fourth-order valence-electron chi connectivity index (χ4n) is 4.41. The van der Waals surface area contributed by atoms with Crippen molar-refractivity contribution in [3.8, 4) is 0 Å². The van der Waals surface area contributed by atoms with Crippen molar-refractivity contribution in [1.29, 1.82) is 0 Å². The van der Waals surface area contributed by atoms with Crippen LogP contribution in [0.25, 0.3) is 0 Å². The summed E-state index contributed by atoms with van der Waals surface area (Å²) in [5.41, 5.74) is 0. The molecule has 3 unspecified atom stereocenters. The van der Waals surface area contributed by atoms with Gasteiger partial charge in [0.25, 0.3) is 0 Å². The van der Waals surface area contributed by atoms with Crippen molar-refractivity contribution in [3.05, 3.63) is 7.43 Å². The normalized spacial score (nSPS) is 13.0. The van der Waals surface area contributed by atoms with Crippen molar-refractivity contribution in [1.82, 2.24) is 0 Å². The van der Waals surface area contributed by atoms with Crippen LogP contribution in [0.15, 0.2) is 0 Å². The van der Waals surface area contributed by atoms with Gasteiger partial charge in [-0.05, 0) is 12.8 Å². The first kappa shape index (κ1) is 63.7. The minimum Gasteiger partial charge on any atom is -0.382 e. The van der Waals surface area contributed by atoms with Gasteiger partial charge in [0.05, 0.1) is 197 Å². The van der Waals surface area contributed by atoms with Gasteiger partial charge in [-0.2, -0.15) is 0 Å². The molecule has 0 aromatic heterocycles. The Morgan fingerprint density at radius 3 is 0.847 bits per heavy atom. The molecule has 3 atom stereocenters. The largest absolute Gasteiger partial charge is 0.382 e. The predicted molar refractivity (Wildman–Crippen MR) is 217 cm³/mol. The van der Waals surface area contributed by atoms with Crippen LogP contribution < -0.4 is 0 Å². The van der Waals surface area contributed by atoms with Crippen LogP contribution in [-0.4, -0.2) is 238 Å². The van der Waals surface area contributed by atoms with Gasteiger partial charge in [0.15, 0.2) is 0 Å². The molecular formula is C40H83O18Y-. The van der Waals surface area contributed by atoms with E-state index < -0.39 is 0 Å². The summed E-state index contributed by atoms with van der Waals surface area (Å²) in [6.07, 6.45) is 1.16.